The van der Waals surface area contributed by atoms with Crippen LogP contribution >= 0.6 is 0 Å². The predicted octanol–water partition coefficient (Wildman–Crippen LogP) is 0.926. The number of fused-ring (bicyclic) bond motifs is 1. The molecule has 0 aromatic carbocycles. The lowest BCUT2D eigenvalue weighted by Crippen LogP contribution is -2.45. The van der Waals surface area contributed by atoms with Gasteiger partial charge in [-0.3, -0.25) is 9.59 Å². The average Bonchev–Trinajstić information content (AvgIpc) is 3.23. The van der Waals surface area contributed by atoms with E-state index in [0.29, 0.717) is 26.1 Å². The van der Waals surface area contributed by atoms with Crippen LogP contribution in [0.2, 0.25) is 0 Å². The van der Waals surface area contributed by atoms with Crippen LogP contribution in [0.5, 0.6) is 0 Å². The zero-order valence-electron chi connectivity index (χ0n) is 14.7. The number of pyridine rings is 1. The fourth-order valence-electron chi connectivity index (χ4n) is 4.52. The SMILES string of the molecule is O=C(c1cc2c([nH]c1=O)CCCC2)N1CCC(O)(CN2CCCC2)C1. The van der Waals surface area contributed by atoms with E-state index in [4.69, 9.17) is 0 Å². The first-order valence-corrected chi connectivity index (χ1v) is 9.53. The monoisotopic (exact) mass is 345 g/mol. The van der Waals surface area contributed by atoms with E-state index in [1.165, 1.54) is 12.8 Å². The highest BCUT2D eigenvalue weighted by Gasteiger charge is 2.40. The summed E-state index contributed by atoms with van der Waals surface area (Å²) in [5, 5.41) is 10.9. The van der Waals surface area contributed by atoms with E-state index in [-0.39, 0.29) is 17.0 Å². The zero-order chi connectivity index (χ0) is 17.4. The van der Waals surface area contributed by atoms with E-state index in [9.17, 15) is 14.7 Å². The van der Waals surface area contributed by atoms with Crippen LogP contribution in [0.25, 0.3) is 0 Å². The summed E-state index contributed by atoms with van der Waals surface area (Å²) in [6, 6.07) is 1.79. The quantitative estimate of drug-likeness (QED) is 0.854. The number of nitrogens with one attached hydrogen (secondary N) is 1. The van der Waals surface area contributed by atoms with Crippen molar-refractivity contribution in [2.45, 2.75) is 50.5 Å². The van der Waals surface area contributed by atoms with Crippen LogP contribution in [-0.2, 0) is 12.8 Å². The molecule has 3 heterocycles. The Kier molecular flexibility index (Phi) is 4.41. The molecule has 0 radical (unpaired) electrons. The fraction of sp³-hybridized carbons (Fsp3) is 0.684. The highest BCUT2D eigenvalue weighted by molar-refractivity contribution is 5.94. The molecule has 0 spiro atoms. The van der Waals surface area contributed by atoms with Gasteiger partial charge in [-0.25, -0.2) is 0 Å². The van der Waals surface area contributed by atoms with Gasteiger partial charge in [0.1, 0.15) is 5.56 Å². The highest BCUT2D eigenvalue weighted by Crippen LogP contribution is 2.26. The van der Waals surface area contributed by atoms with Gasteiger partial charge >= 0.3 is 0 Å². The Hall–Kier alpha value is -1.66. The number of carbonyl (C=O) groups is 1. The predicted molar refractivity (Wildman–Crippen MR) is 94.8 cm³/mol. The van der Waals surface area contributed by atoms with Gasteiger partial charge in [-0.05, 0) is 69.7 Å². The number of hydrogen-bond acceptors (Lipinski definition) is 4. The molecular formula is C19H27N3O3. The Balaban J connectivity index is 1.49. The van der Waals surface area contributed by atoms with Crippen LogP contribution in [0.15, 0.2) is 10.9 Å². The summed E-state index contributed by atoms with van der Waals surface area (Å²) in [4.78, 5) is 32.0. The first kappa shape index (κ1) is 16.8. The van der Waals surface area contributed by atoms with Gasteiger partial charge in [0.2, 0.25) is 0 Å². The van der Waals surface area contributed by atoms with Crippen molar-refractivity contribution in [2.75, 3.05) is 32.7 Å². The smallest absolute Gasteiger partial charge is 0.261 e. The minimum Gasteiger partial charge on any atom is -0.387 e. The van der Waals surface area contributed by atoms with E-state index in [1.54, 1.807) is 11.0 Å². The number of nitrogens with zero attached hydrogens (tertiary/aromatic N) is 2. The summed E-state index contributed by atoms with van der Waals surface area (Å²) in [7, 11) is 0. The van der Waals surface area contributed by atoms with E-state index < -0.39 is 5.60 Å². The van der Waals surface area contributed by atoms with Crippen LogP contribution in [0.3, 0.4) is 0 Å². The van der Waals surface area contributed by atoms with Gasteiger partial charge in [0.05, 0.1) is 12.1 Å². The second-order valence-electron chi connectivity index (χ2n) is 7.91. The van der Waals surface area contributed by atoms with Crippen LogP contribution in [0, 0.1) is 0 Å². The Morgan fingerprint density at radius 2 is 1.92 bits per heavy atom. The molecule has 2 fully saturated rings. The third-order valence-electron chi connectivity index (χ3n) is 5.90. The van der Waals surface area contributed by atoms with E-state index in [2.05, 4.69) is 9.88 Å². The van der Waals surface area contributed by atoms with Gasteiger partial charge < -0.3 is 19.9 Å². The number of aryl methyl sites for hydroxylation is 2. The third kappa shape index (κ3) is 3.37. The van der Waals surface area contributed by atoms with Gasteiger partial charge in [-0.1, -0.05) is 0 Å². The third-order valence-corrected chi connectivity index (χ3v) is 5.90. The number of H-pyrrole nitrogens is 1. The molecule has 2 aliphatic heterocycles. The summed E-state index contributed by atoms with van der Waals surface area (Å²) in [5.41, 5.74) is 1.17. The molecule has 1 aromatic heterocycles. The molecule has 1 aliphatic carbocycles. The van der Waals surface area contributed by atoms with Gasteiger partial charge in [0.15, 0.2) is 0 Å². The van der Waals surface area contributed by atoms with Crippen molar-refractivity contribution < 1.29 is 9.90 Å². The van der Waals surface area contributed by atoms with Gasteiger partial charge in [-0.2, -0.15) is 0 Å². The molecule has 1 amide bonds. The van der Waals surface area contributed by atoms with Crippen molar-refractivity contribution in [3.8, 4) is 0 Å². The molecule has 1 atom stereocenters. The summed E-state index contributed by atoms with van der Waals surface area (Å²) < 4.78 is 0. The van der Waals surface area contributed by atoms with E-state index >= 15 is 0 Å². The summed E-state index contributed by atoms with van der Waals surface area (Å²) >= 11 is 0. The number of aromatic amines is 1. The zero-order valence-corrected chi connectivity index (χ0v) is 14.7. The lowest BCUT2D eigenvalue weighted by molar-refractivity contribution is 0.0175. The number of aliphatic hydroxyl groups is 1. The molecule has 6 heteroatoms. The van der Waals surface area contributed by atoms with Gasteiger partial charge in [-0.15, -0.1) is 0 Å². The molecule has 1 unspecified atom stereocenters. The molecule has 1 aromatic rings. The van der Waals surface area contributed by atoms with Crippen LogP contribution in [0.4, 0.5) is 0 Å². The first-order valence-electron chi connectivity index (χ1n) is 9.53. The second-order valence-corrected chi connectivity index (χ2v) is 7.91. The summed E-state index contributed by atoms with van der Waals surface area (Å²) in [6.45, 7) is 3.51. The minimum atomic E-state index is -0.846. The van der Waals surface area contributed by atoms with Crippen LogP contribution in [-0.4, -0.2) is 64.1 Å². The lowest BCUT2D eigenvalue weighted by atomic mass is 9.95. The largest absolute Gasteiger partial charge is 0.387 e. The molecule has 6 nitrogen and oxygen atoms in total. The molecular weight excluding hydrogens is 318 g/mol. The van der Waals surface area contributed by atoms with Crippen molar-refractivity contribution >= 4 is 5.91 Å². The molecule has 2 saturated heterocycles. The number of β-amino-alcohol motifs (C(OH)–C–C–N with tert-alkyl or cyclic N) is 1. The summed E-state index contributed by atoms with van der Waals surface area (Å²) in [5.74, 6) is -0.244. The lowest BCUT2D eigenvalue weighted by Gasteiger charge is -2.28. The van der Waals surface area contributed by atoms with Crippen molar-refractivity contribution in [3.63, 3.8) is 0 Å². The Labute approximate surface area is 147 Å². The van der Waals surface area contributed by atoms with Crippen molar-refractivity contribution in [1.29, 1.82) is 0 Å². The number of carbonyl (C=O) groups excluding carboxylic acids is 1. The maximum Gasteiger partial charge on any atom is 0.261 e. The number of amides is 1. The average molecular weight is 345 g/mol. The van der Waals surface area contributed by atoms with Gasteiger partial charge in [0, 0.05) is 18.8 Å². The number of rotatable bonds is 3. The molecule has 0 bridgehead atoms. The normalized spacial score (nSPS) is 26.8. The number of aromatic nitrogens is 1. The minimum absolute atomic E-state index is 0.228. The Morgan fingerprint density at radius 1 is 1.16 bits per heavy atom. The van der Waals surface area contributed by atoms with Crippen molar-refractivity contribution in [2.24, 2.45) is 0 Å². The molecule has 3 aliphatic rings. The molecule has 25 heavy (non-hydrogen) atoms. The molecule has 136 valence electrons. The Morgan fingerprint density at radius 3 is 2.72 bits per heavy atom. The number of likely N-dealkylation sites (tertiary alicyclic amines) is 2. The molecule has 0 saturated carbocycles. The standard InChI is InChI=1S/C19H27N3O3/c23-17-15(11-14-5-1-2-6-16(14)20-17)18(24)22-10-7-19(25,13-22)12-21-8-3-4-9-21/h11,25H,1-10,12-13H2,(H,20,23). The number of hydrogen-bond donors (Lipinski definition) is 2. The van der Waals surface area contributed by atoms with E-state index in [0.717, 1.165) is 50.0 Å². The summed E-state index contributed by atoms with van der Waals surface area (Å²) in [6.07, 6.45) is 6.95. The first-order chi connectivity index (χ1) is 12.0. The van der Waals surface area contributed by atoms with Crippen molar-refractivity contribution in [1.82, 2.24) is 14.8 Å². The molecule has 4 rings (SSSR count). The van der Waals surface area contributed by atoms with Gasteiger partial charge in [0.25, 0.3) is 11.5 Å². The van der Waals surface area contributed by atoms with Crippen LogP contribution < -0.4 is 5.56 Å². The molecule has 2 N–H and O–H groups in total. The highest BCUT2D eigenvalue weighted by atomic mass is 16.3. The van der Waals surface area contributed by atoms with E-state index in [1.807, 2.05) is 0 Å². The fourth-order valence-corrected chi connectivity index (χ4v) is 4.52. The Bertz CT molecular complexity index is 723. The maximum absolute atomic E-state index is 12.9. The van der Waals surface area contributed by atoms with Crippen LogP contribution in [0.1, 0.15) is 53.7 Å². The second kappa shape index (κ2) is 6.57. The topological polar surface area (TPSA) is 76.6 Å². The maximum atomic E-state index is 12.9. The van der Waals surface area contributed by atoms with Crippen molar-refractivity contribution in [3.05, 3.63) is 33.2 Å².